The number of halogens is 2. The van der Waals surface area contributed by atoms with E-state index in [1.54, 1.807) is 56.6 Å². The molecule has 1 amide bonds. The van der Waals surface area contributed by atoms with Crippen LogP contribution in [0.2, 0.25) is 0 Å². The number of hydrogen-bond donors (Lipinski definition) is 2. The highest BCUT2D eigenvalue weighted by Crippen LogP contribution is 2.27. The van der Waals surface area contributed by atoms with Crippen molar-refractivity contribution in [2.75, 3.05) is 4.90 Å². The van der Waals surface area contributed by atoms with E-state index >= 15 is 0 Å². The number of rotatable bonds is 6. The van der Waals surface area contributed by atoms with E-state index in [9.17, 15) is 18.7 Å². The number of nitrogens with zero attached hydrogens (tertiary/aromatic N) is 3. The van der Waals surface area contributed by atoms with Crippen molar-refractivity contribution in [1.82, 2.24) is 15.1 Å². The second-order valence-electron chi connectivity index (χ2n) is 7.07. The maximum atomic E-state index is 14.6. The Bertz CT molecular complexity index is 1070. The minimum absolute atomic E-state index is 0.00975. The number of carbonyl (C=O) groups excluding carboxylic acids is 1. The lowest BCUT2D eigenvalue weighted by Crippen LogP contribution is -2.48. The van der Waals surface area contributed by atoms with Crippen LogP contribution in [-0.4, -0.2) is 31.9 Å². The average molecular weight is 445 g/mol. The molecule has 2 aromatic carbocycles. The Morgan fingerprint density at radius 3 is 2.55 bits per heavy atom. The van der Waals surface area contributed by atoms with E-state index in [0.717, 1.165) is 12.1 Å². The molecular weight excluding hydrogens is 422 g/mol. The van der Waals surface area contributed by atoms with Gasteiger partial charge in [-0.2, -0.15) is 5.10 Å². The van der Waals surface area contributed by atoms with Gasteiger partial charge >= 0.3 is 0 Å². The van der Waals surface area contributed by atoms with E-state index in [-0.39, 0.29) is 17.2 Å². The molecule has 0 bridgehead atoms. The molecule has 0 radical (unpaired) electrons. The molecule has 9 heteroatoms. The number of aromatic nitrogens is 2. The fraction of sp³-hybridized carbons (Fsp3) is 0.227. The lowest BCUT2D eigenvalue weighted by Gasteiger charge is -2.33. The molecule has 162 valence electrons. The summed E-state index contributed by atoms with van der Waals surface area (Å²) in [6, 6.07) is 12.7. The van der Waals surface area contributed by atoms with E-state index in [1.165, 1.54) is 15.6 Å². The summed E-state index contributed by atoms with van der Waals surface area (Å²) in [6.07, 6.45) is 0.796. The minimum Gasteiger partial charge on any atom is -0.387 e. The summed E-state index contributed by atoms with van der Waals surface area (Å²) in [5.41, 5.74) is 0.946. The van der Waals surface area contributed by atoms with Gasteiger partial charge in [0.25, 0.3) is 5.91 Å². The van der Waals surface area contributed by atoms with Gasteiger partial charge in [0.2, 0.25) is 0 Å². The standard InChI is InChI=1S/C22H22F2N4O2S/c1-14(12-20(29)19-10-11-25-27(19)2)28(18-9-8-16(23)13-17(18)24)22(31)26-21(30)15-6-4-3-5-7-15/h3-11,13-14,20,29H,12H2,1-2H3,(H,26,30,31)/t14?,20-/m1/s1. The Hall–Kier alpha value is -3.17. The molecule has 0 spiro atoms. The van der Waals surface area contributed by atoms with E-state index < -0.39 is 29.7 Å². The molecule has 3 rings (SSSR count). The Morgan fingerprint density at radius 2 is 1.94 bits per heavy atom. The van der Waals surface area contributed by atoms with E-state index in [2.05, 4.69) is 10.4 Å². The molecule has 0 aliphatic rings. The number of hydrogen-bond acceptors (Lipinski definition) is 4. The molecule has 31 heavy (non-hydrogen) atoms. The predicted octanol–water partition coefficient (Wildman–Crippen LogP) is 3.73. The van der Waals surface area contributed by atoms with E-state index in [4.69, 9.17) is 12.2 Å². The van der Waals surface area contributed by atoms with E-state index in [0.29, 0.717) is 11.3 Å². The first kappa shape index (κ1) is 22.5. The summed E-state index contributed by atoms with van der Waals surface area (Å²) >= 11 is 5.42. The Labute approximate surface area is 184 Å². The van der Waals surface area contributed by atoms with Gasteiger partial charge in [0.15, 0.2) is 5.11 Å². The van der Waals surface area contributed by atoms with Crippen molar-refractivity contribution >= 4 is 28.9 Å². The smallest absolute Gasteiger partial charge is 0.257 e. The van der Waals surface area contributed by atoms with Crippen LogP contribution in [0.5, 0.6) is 0 Å². The van der Waals surface area contributed by atoms with Crippen LogP contribution in [0.3, 0.4) is 0 Å². The van der Waals surface area contributed by atoms with Crippen LogP contribution in [0.1, 0.15) is 35.5 Å². The fourth-order valence-corrected chi connectivity index (χ4v) is 3.67. The van der Waals surface area contributed by atoms with Crippen molar-refractivity contribution in [2.45, 2.75) is 25.5 Å². The van der Waals surface area contributed by atoms with Crippen molar-refractivity contribution in [3.05, 3.63) is 83.7 Å². The second-order valence-corrected chi connectivity index (χ2v) is 7.46. The molecule has 6 nitrogen and oxygen atoms in total. The average Bonchev–Trinajstić information content (AvgIpc) is 3.16. The number of thiocarbonyl (C=S) groups is 1. The van der Waals surface area contributed by atoms with Gasteiger partial charge in [-0.1, -0.05) is 18.2 Å². The summed E-state index contributed by atoms with van der Waals surface area (Å²) in [4.78, 5) is 13.9. The molecule has 1 heterocycles. The number of aliphatic hydroxyl groups is 1. The van der Waals surface area contributed by atoms with Gasteiger partial charge in [0.1, 0.15) is 11.6 Å². The summed E-state index contributed by atoms with van der Waals surface area (Å²) in [5.74, 6) is -2.03. The molecule has 2 atom stereocenters. The minimum atomic E-state index is -0.916. The van der Waals surface area contributed by atoms with Crippen LogP contribution in [0, 0.1) is 11.6 Å². The van der Waals surface area contributed by atoms with Gasteiger partial charge < -0.3 is 10.0 Å². The van der Waals surface area contributed by atoms with Crippen molar-refractivity contribution in [3.8, 4) is 0 Å². The quantitative estimate of drug-likeness (QED) is 0.567. The summed E-state index contributed by atoms with van der Waals surface area (Å²) < 4.78 is 29.6. The number of carbonyl (C=O) groups is 1. The zero-order valence-corrected chi connectivity index (χ0v) is 17.8. The zero-order chi connectivity index (χ0) is 22.5. The van der Waals surface area contributed by atoms with Crippen molar-refractivity contribution in [1.29, 1.82) is 0 Å². The number of aryl methyl sites for hydroxylation is 1. The maximum absolute atomic E-state index is 14.6. The van der Waals surface area contributed by atoms with Gasteiger partial charge in [0.05, 0.1) is 17.5 Å². The number of benzene rings is 2. The second kappa shape index (κ2) is 9.76. The SMILES string of the molecule is CC(C[C@@H](O)c1ccnn1C)N(C(=S)NC(=O)c1ccccc1)c1ccc(F)cc1F. The lowest BCUT2D eigenvalue weighted by atomic mass is 10.1. The predicted molar refractivity (Wildman–Crippen MR) is 118 cm³/mol. The highest BCUT2D eigenvalue weighted by Gasteiger charge is 2.27. The zero-order valence-electron chi connectivity index (χ0n) is 17.0. The number of aliphatic hydroxyl groups excluding tert-OH is 1. The maximum Gasteiger partial charge on any atom is 0.257 e. The third kappa shape index (κ3) is 5.31. The fourth-order valence-electron chi connectivity index (χ4n) is 3.30. The third-order valence-electron chi connectivity index (χ3n) is 4.85. The molecule has 2 N–H and O–H groups in total. The molecule has 0 fully saturated rings. The van der Waals surface area contributed by atoms with Gasteiger partial charge in [-0.15, -0.1) is 0 Å². The van der Waals surface area contributed by atoms with Gasteiger partial charge in [-0.05, 0) is 55.9 Å². The molecular formula is C22H22F2N4O2S. The Kier molecular flexibility index (Phi) is 7.09. The van der Waals surface area contributed by atoms with Crippen molar-refractivity contribution < 1.29 is 18.7 Å². The molecule has 0 saturated heterocycles. The largest absolute Gasteiger partial charge is 0.387 e. The molecule has 1 aromatic heterocycles. The van der Waals surface area contributed by atoms with Crippen LogP contribution in [0.25, 0.3) is 0 Å². The molecule has 1 unspecified atom stereocenters. The van der Waals surface area contributed by atoms with Crippen LogP contribution in [-0.2, 0) is 7.05 Å². The number of anilines is 1. The third-order valence-corrected chi connectivity index (χ3v) is 5.15. The molecule has 0 aliphatic heterocycles. The van der Waals surface area contributed by atoms with Crippen molar-refractivity contribution in [3.63, 3.8) is 0 Å². The molecule has 0 aliphatic carbocycles. The monoisotopic (exact) mass is 444 g/mol. The van der Waals surface area contributed by atoms with E-state index in [1.807, 2.05) is 0 Å². The van der Waals surface area contributed by atoms with Gasteiger partial charge in [-0.3, -0.25) is 14.8 Å². The Balaban J connectivity index is 1.87. The van der Waals surface area contributed by atoms with Crippen LogP contribution in [0.15, 0.2) is 60.8 Å². The van der Waals surface area contributed by atoms with Gasteiger partial charge in [0, 0.05) is 30.9 Å². The summed E-state index contributed by atoms with van der Waals surface area (Å²) in [5, 5.41) is 17.2. The first-order valence-electron chi connectivity index (χ1n) is 9.58. The topological polar surface area (TPSA) is 70.4 Å². The number of amides is 1. The normalized spacial score (nSPS) is 12.8. The highest BCUT2D eigenvalue weighted by molar-refractivity contribution is 7.80. The summed E-state index contributed by atoms with van der Waals surface area (Å²) in [7, 11) is 1.70. The number of nitrogens with one attached hydrogen (secondary N) is 1. The Morgan fingerprint density at radius 1 is 1.23 bits per heavy atom. The van der Waals surface area contributed by atoms with Crippen LogP contribution < -0.4 is 10.2 Å². The first-order valence-corrected chi connectivity index (χ1v) is 9.99. The lowest BCUT2D eigenvalue weighted by molar-refractivity contribution is 0.0977. The van der Waals surface area contributed by atoms with Crippen molar-refractivity contribution in [2.24, 2.45) is 7.05 Å². The van der Waals surface area contributed by atoms with Gasteiger partial charge in [-0.25, -0.2) is 8.78 Å². The van der Waals surface area contributed by atoms with Crippen LogP contribution >= 0.6 is 12.2 Å². The van der Waals surface area contributed by atoms with Crippen LogP contribution in [0.4, 0.5) is 14.5 Å². The molecule has 0 saturated carbocycles. The molecule has 3 aromatic rings. The summed E-state index contributed by atoms with van der Waals surface area (Å²) in [6.45, 7) is 1.73. The first-order chi connectivity index (χ1) is 14.8. The highest BCUT2D eigenvalue weighted by atomic mass is 32.1.